The van der Waals surface area contributed by atoms with Gasteiger partial charge in [0, 0.05) is 68.6 Å². The normalized spacial score (nSPS) is 13.5. The summed E-state index contributed by atoms with van der Waals surface area (Å²) < 4.78 is 5.09. The van der Waals surface area contributed by atoms with Crippen LogP contribution in [0, 0.1) is 17.8 Å². The van der Waals surface area contributed by atoms with Crippen molar-refractivity contribution in [3.05, 3.63) is 179 Å². The fourth-order valence-corrected chi connectivity index (χ4v) is 11.5. The molecular weight excluding hydrogens is 997 g/mol. The van der Waals surface area contributed by atoms with Crippen LogP contribution >= 0.6 is 11.8 Å². The summed E-state index contributed by atoms with van der Waals surface area (Å²) in [6, 6.07) is 49.9. The van der Waals surface area contributed by atoms with Crippen LogP contribution < -0.4 is 10.6 Å². The third-order valence-corrected chi connectivity index (χ3v) is 15.6. The van der Waals surface area contributed by atoms with Gasteiger partial charge in [0.25, 0.3) is 0 Å². The molecule has 0 aliphatic rings. The van der Waals surface area contributed by atoms with Gasteiger partial charge in [-0.05, 0) is 107 Å². The maximum absolute atomic E-state index is 14.4. The Kier molecular flexibility index (Phi) is 25.1. The third kappa shape index (κ3) is 20.9. The second-order valence-electron chi connectivity index (χ2n) is 21.7. The number of amides is 2. The number of ether oxygens (including phenoxy) is 1. The highest BCUT2D eigenvalue weighted by Gasteiger charge is 2.39. The van der Waals surface area contributed by atoms with Crippen molar-refractivity contribution in [1.29, 1.82) is 0 Å². The smallest absolute Gasteiger partial charge is 0.309 e. The highest BCUT2D eigenvalue weighted by molar-refractivity contribution is 8.01. The summed E-state index contributed by atoms with van der Waals surface area (Å²) in [5.74, 6) is -4.51. The van der Waals surface area contributed by atoms with Gasteiger partial charge in [0.05, 0.1) is 16.7 Å². The van der Waals surface area contributed by atoms with E-state index in [-0.39, 0.29) is 117 Å². The minimum Gasteiger partial charge on any atom is -0.460 e. The molecule has 12 heteroatoms. The van der Waals surface area contributed by atoms with Gasteiger partial charge in [-0.25, -0.2) is 0 Å². The van der Waals surface area contributed by atoms with Gasteiger partial charge < -0.3 is 20.2 Å². The topological polar surface area (TPSA) is 170 Å². The van der Waals surface area contributed by atoms with Crippen LogP contribution in [0.1, 0.15) is 146 Å². The molecule has 11 nitrogen and oxygen atoms in total. The maximum atomic E-state index is 14.4. The van der Waals surface area contributed by atoms with Crippen molar-refractivity contribution in [1.82, 2.24) is 10.6 Å². The molecule has 2 amide bonds. The second kappa shape index (κ2) is 31.6. The average Bonchev–Trinajstić information content (AvgIpc) is 3.63. The van der Waals surface area contributed by atoms with Crippen LogP contribution in [0.3, 0.4) is 0 Å². The number of carbonyl (C=O) groups excluding carboxylic acids is 8. The molecule has 414 valence electrons. The first kappa shape index (κ1) is 62.1. The molecule has 0 bridgehead atoms. The zero-order valence-electron chi connectivity index (χ0n) is 46.5. The van der Waals surface area contributed by atoms with E-state index in [1.54, 1.807) is 20.8 Å². The Hall–Kier alpha value is -6.79. The molecule has 2 N–H and O–H groups in total. The number of nitrogens with one attached hydrogen (secondary N) is 2. The zero-order chi connectivity index (χ0) is 56.5. The molecule has 0 aliphatic heterocycles. The number of hydrogen-bond donors (Lipinski definition) is 2. The Bertz CT molecular complexity index is 2610. The molecule has 5 aromatic carbocycles. The first-order chi connectivity index (χ1) is 37.3. The molecule has 5 atom stereocenters. The lowest BCUT2D eigenvalue weighted by Gasteiger charge is -2.37. The molecule has 1 unspecified atom stereocenters. The van der Waals surface area contributed by atoms with Crippen molar-refractivity contribution in [3.63, 3.8) is 0 Å². The Balaban J connectivity index is 1.20. The lowest BCUT2D eigenvalue weighted by atomic mass is 9.84. The summed E-state index contributed by atoms with van der Waals surface area (Å²) in [4.78, 5) is 106. The van der Waals surface area contributed by atoms with E-state index in [1.165, 1.54) is 30.5 Å². The number of thioether (sulfide) groups is 1. The van der Waals surface area contributed by atoms with E-state index in [0.717, 1.165) is 17.5 Å². The molecule has 0 spiro atoms. The number of carbonyl (C=O) groups is 8. The number of rotatable bonds is 34. The standard InChI is InChI=1S/C66H80N2O9S/c1-47(69)37-38-52(49(3)70)44-59(72)45-53(64(76)77-65(4,5)6)39-40-62(74)67-41-23-35-58(71)46-54(42-50-25-12-7-13-26-50)63(75)68-60(43-51-27-14-8-15-28-51)61(73)36-22-24-48(2)78-66(55-29-16-9-17-30-55,56-31-18-10-19-32-56)57-33-20-11-21-34-57/h7-21,25-34,48,52-54,60H,22-24,35-46H2,1-6H3,(H,67,74)(H,68,75)/t48?,52-,53-,54-,60+/m1/s1. The van der Waals surface area contributed by atoms with Crippen molar-refractivity contribution in [2.45, 2.75) is 153 Å². The first-order valence-electron chi connectivity index (χ1n) is 27.6. The second-order valence-corrected chi connectivity index (χ2v) is 23.3. The van der Waals surface area contributed by atoms with Gasteiger partial charge >= 0.3 is 5.97 Å². The molecule has 0 heterocycles. The molecular formula is C66H80N2O9S. The Morgan fingerprint density at radius 3 is 1.50 bits per heavy atom. The lowest BCUT2D eigenvalue weighted by molar-refractivity contribution is -0.161. The summed E-state index contributed by atoms with van der Waals surface area (Å²) in [5.41, 5.74) is 4.47. The number of ketones is 5. The zero-order valence-corrected chi connectivity index (χ0v) is 47.3. The van der Waals surface area contributed by atoms with Crippen molar-refractivity contribution in [3.8, 4) is 0 Å². The number of Topliss-reactive ketones (excluding diaryl/α,β-unsaturated/α-hetero) is 5. The Labute approximate surface area is 466 Å². The van der Waals surface area contributed by atoms with Gasteiger partial charge in [-0.2, -0.15) is 0 Å². The van der Waals surface area contributed by atoms with Crippen LogP contribution in [0.2, 0.25) is 0 Å². The molecule has 0 aliphatic carbocycles. The van der Waals surface area contributed by atoms with Crippen molar-refractivity contribution >= 4 is 58.5 Å². The summed E-state index contributed by atoms with van der Waals surface area (Å²) in [6.45, 7) is 10.3. The van der Waals surface area contributed by atoms with Crippen molar-refractivity contribution in [2.24, 2.45) is 17.8 Å². The maximum Gasteiger partial charge on any atom is 0.309 e. The molecule has 0 saturated carbocycles. The van der Waals surface area contributed by atoms with Crippen molar-refractivity contribution < 1.29 is 43.1 Å². The summed E-state index contributed by atoms with van der Waals surface area (Å²) in [5, 5.41) is 6.07. The van der Waals surface area contributed by atoms with E-state index in [9.17, 15) is 38.4 Å². The van der Waals surface area contributed by atoms with Gasteiger partial charge in [-0.3, -0.25) is 33.6 Å². The molecule has 0 aromatic heterocycles. The highest BCUT2D eigenvalue weighted by atomic mass is 32.2. The van der Waals surface area contributed by atoms with Gasteiger partial charge in [0.1, 0.15) is 28.7 Å². The molecule has 0 radical (unpaired) electrons. The Morgan fingerprint density at radius 1 is 0.526 bits per heavy atom. The fourth-order valence-electron chi connectivity index (χ4n) is 9.79. The SMILES string of the molecule is CC(=O)CC[C@H](CC(=O)C[C@@H](CCC(=O)NCCCC(=O)C[C@@H](Cc1ccccc1)C(=O)N[C@@H](Cc1ccccc1)C(=O)CCCC(C)SC(c1ccccc1)(c1ccccc1)c1ccccc1)C(=O)OC(C)(C)C)C(C)=O. The quantitative estimate of drug-likeness (QED) is 0.0230. The van der Waals surface area contributed by atoms with Gasteiger partial charge in [-0.1, -0.05) is 159 Å². The monoisotopic (exact) mass is 1080 g/mol. The Morgan fingerprint density at radius 2 is 1.00 bits per heavy atom. The molecule has 5 aromatic rings. The average molecular weight is 1080 g/mol. The van der Waals surface area contributed by atoms with Crippen LogP contribution in [0.25, 0.3) is 0 Å². The van der Waals surface area contributed by atoms with E-state index < -0.39 is 40.1 Å². The third-order valence-electron chi connectivity index (χ3n) is 13.9. The van der Waals surface area contributed by atoms with Gasteiger partial charge in [0.15, 0.2) is 5.78 Å². The van der Waals surface area contributed by atoms with Crippen molar-refractivity contribution in [2.75, 3.05) is 6.54 Å². The lowest BCUT2D eigenvalue weighted by Crippen LogP contribution is -2.45. The highest BCUT2D eigenvalue weighted by Crippen LogP contribution is 2.51. The summed E-state index contributed by atoms with van der Waals surface area (Å²) in [7, 11) is 0. The van der Waals surface area contributed by atoms with E-state index in [0.29, 0.717) is 19.3 Å². The number of benzene rings is 5. The molecule has 5 rings (SSSR count). The number of esters is 1. The van der Waals surface area contributed by atoms with Crippen LogP contribution in [0.5, 0.6) is 0 Å². The van der Waals surface area contributed by atoms with E-state index in [4.69, 9.17) is 4.74 Å². The van der Waals surface area contributed by atoms with E-state index in [1.807, 2.05) is 90.6 Å². The summed E-state index contributed by atoms with van der Waals surface area (Å²) in [6.07, 6.45) is 2.61. The van der Waals surface area contributed by atoms with Crippen LogP contribution in [0.4, 0.5) is 0 Å². The minimum atomic E-state index is -0.918. The molecule has 0 fully saturated rings. The fraction of sp³-hybridized carbons (Fsp3) is 0.424. The molecule has 78 heavy (non-hydrogen) atoms. The van der Waals surface area contributed by atoms with Crippen LogP contribution in [0.15, 0.2) is 152 Å². The van der Waals surface area contributed by atoms with Crippen LogP contribution in [-0.4, -0.2) is 70.1 Å². The van der Waals surface area contributed by atoms with E-state index in [2.05, 4.69) is 90.4 Å². The summed E-state index contributed by atoms with van der Waals surface area (Å²) >= 11 is 1.88. The number of hydrogen-bond acceptors (Lipinski definition) is 10. The van der Waals surface area contributed by atoms with Crippen LogP contribution in [-0.2, 0) is 60.7 Å². The predicted molar refractivity (Wildman–Crippen MR) is 310 cm³/mol. The van der Waals surface area contributed by atoms with E-state index >= 15 is 0 Å². The first-order valence-corrected chi connectivity index (χ1v) is 28.5. The predicted octanol–water partition coefficient (Wildman–Crippen LogP) is 11.9. The van der Waals surface area contributed by atoms with Gasteiger partial charge in [0.2, 0.25) is 11.8 Å². The molecule has 0 saturated heterocycles. The largest absolute Gasteiger partial charge is 0.460 e. The van der Waals surface area contributed by atoms with Gasteiger partial charge in [-0.15, -0.1) is 11.8 Å². The minimum absolute atomic E-state index is 0.0325.